The average Bonchev–Trinajstić information content (AvgIpc) is 2.65. The van der Waals surface area contributed by atoms with Crippen molar-refractivity contribution in [3.63, 3.8) is 0 Å². The lowest BCUT2D eigenvalue weighted by molar-refractivity contribution is -0.0518. The summed E-state index contributed by atoms with van der Waals surface area (Å²) >= 11 is 0. The maximum atomic E-state index is 4.99. The molecule has 1 aliphatic rings. The van der Waals surface area contributed by atoms with Gasteiger partial charge in [0.1, 0.15) is 34.3 Å². The van der Waals surface area contributed by atoms with Gasteiger partial charge in [0.05, 0.1) is 0 Å². The number of rotatable bonds is 0. The fraction of sp³-hybridized carbons (Fsp3) is 0.600. The first kappa shape index (κ1) is 21.9. The van der Waals surface area contributed by atoms with E-state index in [1.165, 1.54) is 0 Å². The fourth-order valence-electron chi connectivity index (χ4n) is 1.21. The number of hydrogen-bond acceptors (Lipinski definition) is 12. The average molecular weight is 384 g/mol. The van der Waals surface area contributed by atoms with Crippen molar-refractivity contribution in [3.05, 3.63) is 0 Å². The lowest BCUT2D eigenvalue weighted by Gasteiger charge is -2.03. The summed E-state index contributed by atoms with van der Waals surface area (Å²) in [6.07, 6.45) is 0. The highest BCUT2D eigenvalue weighted by atomic mass is 16.8. The SMILES string of the molecule is CC1=N/OCO/N=C(C)\C(C)=N\OCO/N=C(C)/C(C)=N/OCO\N=C\1C. The van der Waals surface area contributed by atoms with Crippen LogP contribution in [0.1, 0.15) is 41.5 Å². The van der Waals surface area contributed by atoms with Crippen LogP contribution in [0.15, 0.2) is 30.9 Å². The Morgan fingerprint density at radius 2 is 0.519 bits per heavy atom. The van der Waals surface area contributed by atoms with Gasteiger partial charge in [0.15, 0.2) is 0 Å². The van der Waals surface area contributed by atoms with E-state index in [0.717, 1.165) is 0 Å². The maximum Gasteiger partial charge on any atom is 0.280 e. The second-order valence-electron chi connectivity index (χ2n) is 5.19. The van der Waals surface area contributed by atoms with E-state index in [1.807, 2.05) is 0 Å². The van der Waals surface area contributed by atoms with E-state index in [2.05, 4.69) is 30.9 Å². The molecule has 1 rings (SSSR count). The Kier molecular flexibility index (Phi) is 9.89. The molecule has 0 radical (unpaired) electrons. The minimum Gasteiger partial charge on any atom is -0.351 e. The molecule has 0 unspecified atom stereocenters. The van der Waals surface area contributed by atoms with Gasteiger partial charge in [-0.05, 0) is 41.5 Å². The lowest BCUT2D eigenvalue weighted by Crippen LogP contribution is -2.09. The Morgan fingerprint density at radius 3 is 0.667 bits per heavy atom. The van der Waals surface area contributed by atoms with Gasteiger partial charge in [-0.2, -0.15) is 0 Å². The summed E-state index contributed by atoms with van der Waals surface area (Å²) < 4.78 is 0. The first-order valence-electron chi connectivity index (χ1n) is 7.92. The van der Waals surface area contributed by atoms with Gasteiger partial charge in [-0.3, -0.25) is 0 Å². The largest absolute Gasteiger partial charge is 0.351 e. The van der Waals surface area contributed by atoms with Gasteiger partial charge in [-0.15, -0.1) is 0 Å². The van der Waals surface area contributed by atoms with Crippen LogP contribution in [0, 0.1) is 0 Å². The molecule has 0 spiro atoms. The van der Waals surface area contributed by atoms with Crippen molar-refractivity contribution >= 4 is 34.3 Å². The summed E-state index contributed by atoms with van der Waals surface area (Å²) in [5.41, 5.74) is 2.98. The number of hydrogen-bond donors (Lipinski definition) is 0. The Bertz CT molecular complexity index is 523. The van der Waals surface area contributed by atoms with Crippen LogP contribution in [0.3, 0.4) is 0 Å². The quantitative estimate of drug-likeness (QED) is 0.629. The molecule has 0 amide bonds. The van der Waals surface area contributed by atoms with Crippen molar-refractivity contribution < 1.29 is 29.0 Å². The summed E-state index contributed by atoms with van der Waals surface area (Å²) in [4.78, 5) is 29.9. The van der Waals surface area contributed by atoms with Gasteiger partial charge in [0.25, 0.3) is 20.4 Å². The molecule has 0 atom stereocenters. The third-order valence-electron chi connectivity index (χ3n) is 3.10. The molecule has 1 heterocycles. The van der Waals surface area contributed by atoms with E-state index in [9.17, 15) is 0 Å². The van der Waals surface area contributed by atoms with Gasteiger partial charge in [-0.25, -0.2) is 0 Å². The highest BCUT2D eigenvalue weighted by Gasteiger charge is 2.02. The van der Waals surface area contributed by atoms with Crippen molar-refractivity contribution in [1.82, 2.24) is 0 Å². The molecule has 150 valence electrons. The van der Waals surface area contributed by atoms with Crippen LogP contribution in [0.4, 0.5) is 0 Å². The molecular weight excluding hydrogens is 360 g/mol. The molecule has 0 fully saturated rings. The zero-order valence-electron chi connectivity index (χ0n) is 16.3. The highest BCUT2D eigenvalue weighted by Crippen LogP contribution is 1.94. The summed E-state index contributed by atoms with van der Waals surface area (Å²) in [7, 11) is 0. The van der Waals surface area contributed by atoms with Crippen LogP contribution in [-0.2, 0) is 29.0 Å². The van der Waals surface area contributed by atoms with Gasteiger partial charge in [0, 0.05) is 0 Å². The third-order valence-corrected chi connectivity index (χ3v) is 3.10. The van der Waals surface area contributed by atoms with E-state index in [-0.39, 0.29) is 20.4 Å². The predicted molar refractivity (Wildman–Crippen MR) is 99.8 cm³/mol. The molecule has 0 bridgehead atoms. The highest BCUT2D eigenvalue weighted by molar-refractivity contribution is 6.41. The van der Waals surface area contributed by atoms with Gasteiger partial charge in [-0.1, -0.05) is 30.9 Å². The normalized spacial score (nSPS) is 30.0. The molecule has 0 aliphatic carbocycles. The van der Waals surface area contributed by atoms with Crippen LogP contribution in [0.5, 0.6) is 0 Å². The fourth-order valence-corrected chi connectivity index (χ4v) is 1.21. The van der Waals surface area contributed by atoms with Gasteiger partial charge >= 0.3 is 0 Å². The second kappa shape index (κ2) is 12.2. The Labute approximate surface area is 157 Å². The van der Waals surface area contributed by atoms with E-state index >= 15 is 0 Å². The van der Waals surface area contributed by atoms with Crippen molar-refractivity contribution in [2.75, 3.05) is 20.4 Å². The predicted octanol–water partition coefficient (Wildman–Crippen LogP) is 2.23. The molecule has 1 aliphatic heterocycles. The topological polar surface area (TPSA) is 130 Å². The molecule has 27 heavy (non-hydrogen) atoms. The zero-order chi connectivity index (χ0) is 20.1. The third kappa shape index (κ3) is 9.18. The first-order valence-corrected chi connectivity index (χ1v) is 7.92. The molecule has 0 aromatic heterocycles. The van der Waals surface area contributed by atoms with Crippen LogP contribution < -0.4 is 0 Å². The van der Waals surface area contributed by atoms with Crippen LogP contribution >= 0.6 is 0 Å². The Balaban J connectivity index is 2.83. The van der Waals surface area contributed by atoms with Crippen LogP contribution in [0.25, 0.3) is 0 Å². The van der Waals surface area contributed by atoms with Crippen LogP contribution in [0.2, 0.25) is 0 Å². The number of nitrogens with zero attached hydrogens (tertiary/aromatic N) is 6. The number of oxime groups is 6. The Morgan fingerprint density at radius 1 is 0.370 bits per heavy atom. The van der Waals surface area contributed by atoms with Crippen molar-refractivity contribution in [2.45, 2.75) is 41.5 Å². The smallest absolute Gasteiger partial charge is 0.280 e. The molecule has 0 saturated carbocycles. The second-order valence-corrected chi connectivity index (χ2v) is 5.19. The summed E-state index contributed by atoms with van der Waals surface area (Å²) in [6, 6.07) is 0. The summed E-state index contributed by atoms with van der Waals surface area (Å²) in [6.45, 7) is 9.62. The molecule has 0 N–H and O–H groups in total. The molecule has 12 heteroatoms. The minimum atomic E-state index is -0.189. The van der Waals surface area contributed by atoms with E-state index in [1.54, 1.807) is 41.5 Å². The maximum absolute atomic E-state index is 4.99. The van der Waals surface area contributed by atoms with Gasteiger partial charge in [0.2, 0.25) is 0 Å². The molecule has 0 aromatic rings. The monoisotopic (exact) mass is 384 g/mol. The minimum absolute atomic E-state index is 0.189. The van der Waals surface area contributed by atoms with Crippen molar-refractivity contribution in [1.29, 1.82) is 0 Å². The van der Waals surface area contributed by atoms with Crippen molar-refractivity contribution in [3.8, 4) is 0 Å². The van der Waals surface area contributed by atoms with Gasteiger partial charge < -0.3 is 29.0 Å². The molecule has 0 saturated heterocycles. The molecular formula is C15H24N6O6. The zero-order valence-corrected chi connectivity index (χ0v) is 16.3. The first-order chi connectivity index (χ1) is 12.9. The Hall–Kier alpha value is -3.18. The van der Waals surface area contributed by atoms with Crippen molar-refractivity contribution in [2.24, 2.45) is 30.9 Å². The molecule has 0 aromatic carbocycles. The van der Waals surface area contributed by atoms with Crippen LogP contribution in [-0.4, -0.2) is 54.6 Å². The molecule has 12 nitrogen and oxygen atoms in total. The lowest BCUT2D eigenvalue weighted by atomic mass is 10.3. The van der Waals surface area contributed by atoms with E-state index in [4.69, 9.17) is 29.0 Å². The summed E-state index contributed by atoms with van der Waals surface area (Å²) in [5, 5.41) is 23.0. The van der Waals surface area contributed by atoms with E-state index in [0.29, 0.717) is 34.3 Å². The summed E-state index contributed by atoms with van der Waals surface area (Å²) in [5.74, 6) is 0. The standard InChI is InChI=1S/C15H24N6O6/c1-10-11(2)17-23-8-25-19-14(5)15(6)21-27-9-26-20-13(4)12(3)18-24-7-22-16-10/h7-9H2,1-6H3/b16-10-,17-11+,18-12-,19-14+,20-13+,21-15+. The van der Waals surface area contributed by atoms with E-state index < -0.39 is 0 Å².